The van der Waals surface area contributed by atoms with Gasteiger partial charge in [0.25, 0.3) is 5.91 Å². The molecule has 1 aromatic heterocycles. The van der Waals surface area contributed by atoms with Crippen molar-refractivity contribution in [3.05, 3.63) is 41.0 Å². The van der Waals surface area contributed by atoms with Crippen LogP contribution in [0.2, 0.25) is 5.15 Å². The summed E-state index contributed by atoms with van der Waals surface area (Å²) in [6.07, 6.45) is 0.484. The summed E-state index contributed by atoms with van der Waals surface area (Å²) in [5.41, 5.74) is 1.13. The van der Waals surface area contributed by atoms with E-state index in [2.05, 4.69) is 4.98 Å². The van der Waals surface area contributed by atoms with Crippen molar-refractivity contribution >= 4 is 38.2 Å². The maximum atomic E-state index is 13.3. The van der Waals surface area contributed by atoms with E-state index in [-0.39, 0.29) is 34.5 Å². The van der Waals surface area contributed by atoms with Crippen LogP contribution in [0.15, 0.2) is 30.3 Å². The molecule has 1 aromatic carbocycles. The van der Waals surface area contributed by atoms with Crippen LogP contribution in [-0.4, -0.2) is 48.3 Å². The van der Waals surface area contributed by atoms with Gasteiger partial charge in [-0.15, -0.1) is 0 Å². The Bertz CT molecular complexity index is 912. The van der Waals surface area contributed by atoms with Gasteiger partial charge in [0.05, 0.1) is 22.6 Å². The minimum absolute atomic E-state index is 0.0300. The van der Waals surface area contributed by atoms with Crippen molar-refractivity contribution in [2.75, 3.05) is 18.1 Å². The van der Waals surface area contributed by atoms with Crippen LogP contribution in [0.25, 0.3) is 10.9 Å². The molecule has 134 valence electrons. The number of aromatic nitrogens is 1. The van der Waals surface area contributed by atoms with E-state index in [9.17, 15) is 13.2 Å². The fraction of sp³-hybridized carbons (Fsp3) is 0.444. The van der Waals surface area contributed by atoms with Gasteiger partial charge in [0, 0.05) is 18.0 Å². The summed E-state index contributed by atoms with van der Waals surface area (Å²) in [7, 11) is -3.07. The second-order valence-electron chi connectivity index (χ2n) is 6.92. The third-order valence-electron chi connectivity index (χ3n) is 4.39. The molecule has 1 aliphatic heterocycles. The Kier molecular flexibility index (Phi) is 5.02. The average Bonchev–Trinajstić information content (AvgIpc) is 2.90. The van der Waals surface area contributed by atoms with Crippen LogP contribution in [0, 0.1) is 5.92 Å². The van der Waals surface area contributed by atoms with E-state index in [0.29, 0.717) is 24.0 Å². The number of rotatable bonds is 4. The normalized spacial score (nSPS) is 19.4. The number of halogens is 1. The molecule has 0 radical (unpaired) electrons. The zero-order valence-electron chi connectivity index (χ0n) is 14.3. The molecule has 7 heteroatoms. The maximum absolute atomic E-state index is 13.3. The predicted molar refractivity (Wildman–Crippen MR) is 99.7 cm³/mol. The van der Waals surface area contributed by atoms with E-state index in [1.807, 2.05) is 38.1 Å². The summed E-state index contributed by atoms with van der Waals surface area (Å²) < 4.78 is 23.8. The highest BCUT2D eigenvalue weighted by molar-refractivity contribution is 7.91. The smallest absolute Gasteiger partial charge is 0.254 e. The molecule has 1 fully saturated rings. The summed E-state index contributed by atoms with van der Waals surface area (Å²) in [5.74, 6) is 0.215. The number of benzene rings is 1. The van der Waals surface area contributed by atoms with Gasteiger partial charge in [0.2, 0.25) is 0 Å². The molecule has 0 spiro atoms. The van der Waals surface area contributed by atoms with E-state index in [4.69, 9.17) is 11.6 Å². The molecular weight excluding hydrogens is 360 g/mol. The van der Waals surface area contributed by atoms with Gasteiger partial charge in [-0.05, 0) is 24.5 Å². The Labute approximate surface area is 152 Å². The van der Waals surface area contributed by atoms with Crippen molar-refractivity contribution in [3.8, 4) is 0 Å². The fourth-order valence-electron chi connectivity index (χ4n) is 3.29. The second kappa shape index (κ2) is 6.92. The molecule has 1 saturated heterocycles. The monoisotopic (exact) mass is 380 g/mol. The highest BCUT2D eigenvalue weighted by Gasteiger charge is 2.35. The van der Waals surface area contributed by atoms with Crippen LogP contribution in [-0.2, 0) is 9.84 Å². The third-order valence-corrected chi connectivity index (χ3v) is 6.33. The quantitative estimate of drug-likeness (QED) is 0.764. The predicted octanol–water partition coefficient (Wildman–Crippen LogP) is 3.17. The first-order valence-corrected chi connectivity index (χ1v) is 10.5. The van der Waals surface area contributed by atoms with Gasteiger partial charge in [-0.25, -0.2) is 13.4 Å². The Balaban J connectivity index is 2.03. The molecule has 0 unspecified atom stereocenters. The number of amides is 1. The summed E-state index contributed by atoms with van der Waals surface area (Å²) >= 11 is 6.11. The van der Waals surface area contributed by atoms with Crippen LogP contribution < -0.4 is 0 Å². The highest BCUT2D eigenvalue weighted by Crippen LogP contribution is 2.26. The summed E-state index contributed by atoms with van der Waals surface area (Å²) in [5, 5.41) is 0.983. The standard InChI is InChI=1S/C18H21ClN2O3S/c1-12(2)10-21(13-7-8-25(23,24)11-13)18(22)15-9-17(19)20-16-6-4-3-5-14(15)16/h3-6,9,12-13H,7-8,10-11H2,1-2H3/t13-/m0/s1. The zero-order chi connectivity index (χ0) is 18.2. The van der Waals surface area contributed by atoms with Gasteiger partial charge >= 0.3 is 0 Å². The summed E-state index contributed by atoms with van der Waals surface area (Å²) in [6.45, 7) is 4.54. The Hall–Kier alpha value is -1.66. The van der Waals surface area contributed by atoms with Crippen molar-refractivity contribution in [2.45, 2.75) is 26.3 Å². The molecule has 0 N–H and O–H groups in total. The fourth-order valence-corrected chi connectivity index (χ4v) is 5.22. The number of hydrogen-bond donors (Lipinski definition) is 0. The van der Waals surface area contributed by atoms with Gasteiger partial charge < -0.3 is 4.90 Å². The number of pyridine rings is 1. The van der Waals surface area contributed by atoms with Gasteiger partial charge in [-0.2, -0.15) is 0 Å². The van der Waals surface area contributed by atoms with Crippen molar-refractivity contribution in [3.63, 3.8) is 0 Å². The lowest BCUT2D eigenvalue weighted by Gasteiger charge is -2.30. The lowest BCUT2D eigenvalue weighted by atomic mass is 10.0. The highest BCUT2D eigenvalue weighted by atomic mass is 35.5. The van der Waals surface area contributed by atoms with Crippen LogP contribution in [0.4, 0.5) is 0 Å². The minimum Gasteiger partial charge on any atom is -0.334 e. The van der Waals surface area contributed by atoms with Gasteiger partial charge in [-0.1, -0.05) is 43.6 Å². The first-order valence-electron chi connectivity index (χ1n) is 8.33. The van der Waals surface area contributed by atoms with Crippen LogP contribution in [0.3, 0.4) is 0 Å². The third kappa shape index (κ3) is 3.96. The number of carbonyl (C=O) groups is 1. The maximum Gasteiger partial charge on any atom is 0.254 e. The lowest BCUT2D eigenvalue weighted by Crippen LogP contribution is -2.43. The van der Waals surface area contributed by atoms with Crippen molar-refractivity contribution < 1.29 is 13.2 Å². The van der Waals surface area contributed by atoms with Crippen molar-refractivity contribution in [2.24, 2.45) is 5.92 Å². The van der Waals surface area contributed by atoms with E-state index in [1.165, 1.54) is 0 Å². The topological polar surface area (TPSA) is 67.3 Å². The van der Waals surface area contributed by atoms with E-state index in [0.717, 1.165) is 5.39 Å². The molecule has 5 nitrogen and oxygen atoms in total. The van der Waals surface area contributed by atoms with E-state index < -0.39 is 9.84 Å². The van der Waals surface area contributed by atoms with Gasteiger partial charge in [0.15, 0.2) is 9.84 Å². The average molecular weight is 381 g/mol. The van der Waals surface area contributed by atoms with Gasteiger partial charge in [0.1, 0.15) is 5.15 Å². The lowest BCUT2D eigenvalue weighted by molar-refractivity contribution is 0.0674. The first kappa shape index (κ1) is 18.1. The molecular formula is C18H21ClN2O3S. The van der Waals surface area contributed by atoms with Crippen molar-refractivity contribution in [1.82, 2.24) is 9.88 Å². The van der Waals surface area contributed by atoms with Crippen LogP contribution >= 0.6 is 11.6 Å². The Morgan fingerprint density at radius 3 is 2.72 bits per heavy atom. The van der Waals surface area contributed by atoms with E-state index >= 15 is 0 Å². The Morgan fingerprint density at radius 2 is 2.08 bits per heavy atom. The molecule has 2 heterocycles. The SMILES string of the molecule is CC(C)CN(C(=O)c1cc(Cl)nc2ccccc12)[C@H]1CCS(=O)(=O)C1. The number of sulfone groups is 1. The van der Waals surface area contributed by atoms with Crippen molar-refractivity contribution in [1.29, 1.82) is 0 Å². The minimum atomic E-state index is -3.07. The molecule has 0 bridgehead atoms. The first-order chi connectivity index (χ1) is 11.8. The molecule has 3 rings (SSSR count). The molecule has 0 saturated carbocycles. The number of para-hydroxylation sites is 1. The summed E-state index contributed by atoms with van der Waals surface area (Å²) in [6, 6.07) is 8.63. The molecule has 0 aliphatic carbocycles. The Morgan fingerprint density at radius 1 is 1.36 bits per heavy atom. The molecule has 2 aromatic rings. The number of fused-ring (bicyclic) bond motifs is 1. The van der Waals surface area contributed by atoms with Crippen LogP contribution in [0.1, 0.15) is 30.6 Å². The molecule has 25 heavy (non-hydrogen) atoms. The van der Waals surface area contributed by atoms with Gasteiger partial charge in [-0.3, -0.25) is 4.79 Å². The molecule has 1 aliphatic rings. The zero-order valence-corrected chi connectivity index (χ0v) is 15.8. The largest absolute Gasteiger partial charge is 0.334 e. The summed E-state index contributed by atoms with van der Waals surface area (Å²) in [4.78, 5) is 19.2. The number of nitrogens with zero attached hydrogens (tertiary/aromatic N) is 2. The number of carbonyl (C=O) groups excluding carboxylic acids is 1. The van der Waals surface area contributed by atoms with Crippen LogP contribution in [0.5, 0.6) is 0 Å². The molecule has 1 amide bonds. The number of hydrogen-bond acceptors (Lipinski definition) is 4. The molecule has 1 atom stereocenters. The second-order valence-corrected chi connectivity index (χ2v) is 9.53. The van der Waals surface area contributed by atoms with E-state index in [1.54, 1.807) is 11.0 Å².